The predicted octanol–water partition coefficient (Wildman–Crippen LogP) is 4.86. The molecule has 1 N–H and O–H groups in total. The van der Waals surface area contributed by atoms with Gasteiger partial charge in [0, 0.05) is 6.61 Å². The molecule has 1 aliphatic rings. The van der Waals surface area contributed by atoms with Crippen molar-refractivity contribution in [3.8, 4) is 0 Å². The SMILES string of the molecule is CC(C)=CCC(C)(O)C(C)CCCC1CCCCCO1. The van der Waals surface area contributed by atoms with Gasteiger partial charge in [-0.2, -0.15) is 0 Å². The Morgan fingerprint density at radius 3 is 2.80 bits per heavy atom. The minimum Gasteiger partial charge on any atom is -0.390 e. The zero-order valence-corrected chi connectivity index (χ0v) is 14.0. The number of ether oxygens (including phenoxy) is 1. The van der Waals surface area contributed by atoms with E-state index < -0.39 is 5.60 Å². The fraction of sp³-hybridized carbons (Fsp3) is 0.889. The molecule has 3 unspecified atom stereocenters. The van der Waals surface area contributed by atoms with Gasteiger partial charge in [-0.3, -0.25) is 0 Å². The lowest BCUT2D eigenvalue weighted by atomic mass is 9.83. The van der Waals surface area contributed by atoms with Crippen LogP contribution in [0.15, 0.2) is 11.6 Å². The van der Waals surface area contributed by atoms with Crippen LogP contribution < -0.4 is 0 Å². The molecule has 0 radical (unpaired) electrons. The van der Waals surface area contributed by atoms with Crippen molar-refractivity contribution in [1.29, 1.82) is 0 Å². The summed E-state index contributed by atoms with van der Waals surface area (Å²) in [4.78, 5) is 0. The van der Waals surface area contributed by atoms with E-state index >= 15 is 0 Å². The third kappa shape index (κ3) is 6.90. The highest BCUT2D eigenvalue weighted by molar-refractivity contribution is 4.98. The molecule has 0 spiro atoms. The van der Waals surface area contributed by atoms with Crippen LogP contribution in [0.1, 0.15) is 79.1 Å². The molecular formula is C18H34O2. The van der Waals surface area contributed by atoms with Crippen molar-refractivity contribution in [2.75, 3.05) is 6.61 Å². The molecule has 118 valence electrons. The Balaban J connectivity index is 2.27. The molecule has 1 heterocycles. The van der Waals surface area contributed by atoms with Crippen LogP contribution in [-0.2, 0) is 4.74 Å². The van der Waals surface area contributed by atoms with Crippen LogP contribution in [0.4, 0.5) is 0 Å². The van der Waals surface area contributed by atoms with Crippen molar-refractivity contribution in [3.05, 3.63) is 11.6 Å². The normalized spacial score (nSPS) is 24.6. The van der Waals surface area contributed by atoms with Gasteiger partial charge in [0.25, 0.3) is 0 Å². The lowest BCUT2D eigenvalue weighted by Crippen LogP contribution is -2.32. The Labute approximate surface area is 125 Å². The van der Waals surface area contributed by atoms with E-state index in [1.54, 1.807) is 0 Å². The molecule has 0 aromatic carbocycles. The minimum absolute atomic E-state index is 0.337. The number of allylic oxidation sites excluding steroid dienone is 1. The van der Waals surface area contributed by atoms with E-state index in [0.717, 1.165) is 32.3 Å². The molecule has 20 heavy (non-hydrogen) atoms. The summed E-state index contributed by atoms with van der Waals surface area (Å²) in [5, 5.41) is 10.5. The van der Waals surface area contributed by atoms with Crippen molar-refractivity contribution in [1.82, 2.24) is 0 Å². The third-order valence-corrected chi connectivity index (χ3v) is 4.67. The molecule has 0 bridgehead atoms. The first-order valence-electron chi connectivity index (χ1n) is 8.39. The van der Waals surface area contributed by atoms with Gasteiger partial charge in [-0.1, -0.05) is 37.8 Å². The van der Waals surface area contributed by atoms with Gasteiger partial charge in [0.15, 0.2) is 0 Å². The number of hydrogen-bond acceptors (Lipinski definition) is 2. The maximum atomic E-state index is 10.5. The summed E-state index contributed by atoms with van der Waals surface area (Å²) in [5.74, 6) is 0.337. The van der Waals surface area contributed by atoms with Crippen LogP contribution in [-0.4, -0.2) is 23.4 Å². The van der Waals surface area contributed by atoms with Gasteiger partial charge in [0.1, 0.15) is 0 Å². The fourth-order valence-electron chi connectivity index (χ4n) is 2.79. The maximum Gasteiger partial charge on any atom is 0.0679 e. The fourth-order valence-corrected chi connectivity index (χ4v) is 2.79. The summed E-state index contributed by atoms with van der Waals surface area (Å²) >= 11 is 0. The van der Waals surface area contributed by atoms with Gasteiger partial charge in [0.05, 0.1) is 11.7 Å². The average molecular weight is 282 g/mol. The predicted molar refractivity (Wildman–Crippen MR) is 85.9 cm³/mol. The lowest BCUT2D eigenvalue weighted by molar-refractivity contribution is 0.000784. The molecule has 1 fully saturated rings. The molecule has 0 aromatic rings. The van der Waals surface area contributed by atoms with Gasteiger partial charge < -0.3 is 9.84 Å². The monoisotopic (exact) mass is 282 g/mol. The van der Waals surface area contributed by atoms with Crippen molar-refractivity contribution < 1.29 is 9.84 Å². The van der Waals surface area contributed by atoms with Crippen molar-refractivity contribution in [2.24, 2.45) is 5.92 Å². The Morgan fingerprint density at radius 1 is 1.35 bits per heavy atom. The Morgan fingerprint density at radius 2 is 2.10 bits per heavy atom. The largest absolute Gasteiger partial charge is 0.390 e. The molecule has 0 amide bonds. The van der Waals surface area contributed by atoms with Crippen LogP contribution in [0.3, 0.4) is 0 Å². The Bertz CT molecular complexity index is 282. The van der Waals surface area contributed by atoms with Crippen molar-refractivity contribution >= 4 is 0 Å². The van der Waals surface area contributed by atoms with Crippen LogP contribution >= 0.6 is 0 Å². The van der Waals surface area contributed by atoms with E-state index in [1.165, 1.54) is 31.3 Å². The molecule has 1 rings (SSSR count). The topological polar surface area (TPSA) is 29.5 Å². The molecule has 1 saturated heterocycles. The first-order valence-corrected chi connectivity index (χ1v) is 8.39. The zero-order valence-electron chi connectivity index (χ0n) is 14.0. The second-order valence-electron chi connectivity index (χ2n) is 7.02. The quantitative estimate of drug-likeness (QED) is 0.676. The van der Waals surface area contributed by atoms with Crippen LogP contribution in [0.5, 0.6) is 0 Å². The van der Waals surface area contributed by atoms with Gasteiger partial charge in [-0.15, -0.1) is 0 Å². The minimum atomic E-state index is -0.582. The first kappa shape index (κ1) is 17.7. The number of hydrogen-bond donors (Lipinski definition) is 1. The summed E-state index contributed by atoms with van der Waals surface area (Å²) in [6.45, 7) is 9.26. The summed E-state index contributed by atoms with van der Waals surface area (Å²) in [7, 11) is 0. The molecule has 0 aromatic heterocycles. The highest BCUT2D eigenvalue weighted by Crippen LogP contribution is 2.28. The molecular weight excluding hydrogens is 248 g/mol. The second kappa shape index (κ2) is 8.84. The van der Waals surface area contributed by atoms with E-state index in [1.807, 2.05) is 6.92 Å². The van der Waals surface area contributed by atoms with E-state index in [4.69, 9.17) is 4.74 Å². The standard InChI is InChI=1S/C18H34O2/c1-15(2)12-13-18(4,19)16(3)9-8-11-17-10-6-5-7-14-20-17/h12,16-17,19H,5-11,13-14H2,1-4H3. The summed E-state index contributed by atoms with van der Waals surface area (Å²) in [6.07, 6.45) is 11.9. The summed E-state index contributed by atoms with van der Waals surface area (Å²) < 4.78 is 5.88. The highest BCUT2D eigenvalue weighted by atomic mass is 16.5. The van der Waals surface area contributed by atoms with Gasteiger partial charge in [-0.05, 0) is 58.8 Å². The molecule has 1 aliphatic heterocycles. The smallest absolute Gasteiger partial charge is 0.0679 e. The Hall–Kier alpha value is -0.340. The highest BCUT2D eigenvalue weighted by Gasteiger charge is 2.26. The molecule has 0 saturated carbocycles. The third-order valence-electron chi connectivity index (χ3n) is 4.67. The van der Waals surface area contributed by atoms with Crippen molar-refractivity contribution in [2.45, 2.75) is 90.8 Å². The van der Waals surface area contributed by atoms with Crippen LogP contribution in [0, 0.1) is 5.92 Å². The Kier molecular flexibility index (Phi) is 7.83. The number of aliphatic hydroxyl groups is 1. The number of rotatable bonds is 7. The second-order valence-corrected chi connectivity index (χ2v) is 7.02. The summed E-state index contributed by atoms with van der Waals surface area (Å²) in [6, 6.07) is 0. The molecule has 0 aliphatic carbocycles. The van der Waals surface area contributed by atoms with Gasteiger partial charge in [-0.25, -0.2) is 0 Å². The molecule has 2 heteroatoms. The summed E-state index contributed by atoms with van der Waals surface area (Å²) in [5.41, 5.74) is 0.700. The van der Waals surface area contributed by atoms with E-state index in [0.29, 0.717) is 12.0 Å². The average Bonchev–Trinajstić information content (AvgIpc) is 2.65. The van der Waals surface area contributed by atoms with Gasteiger partial charge in [0.2, 0.25) is 0 Å². The lowest BCUT2D eigenvalue weighted by Gasteiger charge is -2.30. The van der Waals surface area contributed by atoms with Crippen LogP contribution in [0.2, 0.25) is 0 Å². The molecule has 3 atom stereocenters. The van der Waals surface area contributed by atoms with E-state index in [2.05, 4.69) is 26.8 Å². The molecule has 2 nitrogen and oxygen atoms in total. The van der Waals surface area contributed by atoms with E-state index in [-0.39, 0.29) is 0 Å². The maximum absolute atomic E-state index is 10.5. The zero-order chi connectivity index (χ0) is 15.0. The van der Waals surface area contributed by atoms with E-state index in [9.17, 15) is 5.11 Å². The first-order chi connectivity index (χ1) is 9.42. The van der Waals surface area contributed by atoms with Gasteiger partial charge >= 0.3 is 0 Å². The van der Waals surface area contributed by atoms with Crippen molar-refractivity contribution in [3.63, 3.8) is 0 Å². The van der Waals surface area contributed by atoms with Crippen LogP contribution in [0.25, 0.3) is 0 Å².